The molecule has 0 aromatic heterocycles. The maximum Gasteiger partial charge on any atom is 0.0717 e. The molecular formula is C21H31N. The minimum absolute atomic E-state index is 0.486. The lowest BCUT2D eigenvalue weighted by atomic mass is 10.1. The van der Waals surface area contributed by atoms with Gasteiger partial charge in [0.1, 0.15) is 0 Å². The Morgan fingerprint density at radius 1 is 1.05 bits per heavy atom. The van der Waals surface area contributed by atoms with Gasteiger partial charge in [0.2, 0.25) is 0 Å². The molecule has 0 bridgehead atoms. The van der Waals surface area contributed by atoms with Crippen LogP contribution < -0.4 is 0 Å². The van der Waals surface area contributed by atoms with E-state index in [4.69, 9.17) is 0 Å². The Labute approximate surface area is 137 Å². The third kappa shape index (κ3) is 6.24. The van der Waals surface area contributed by atoms with Crippen molar-refractivity contribution >= 4 is 0 Å². The molecule has 1 aromatic carbocycles. The quantitative estimate of drug-likeness (QED) is 0.458. The molecule has 1 aliphatic heterocycles. The SMILES string of the molecule is CCCCCCCCC#C[C@@H]1CCCN1Cc1ccccc1. The van der Waals surface area contributed by atoms with E-state index in [2.05, 4.69) is 54.0 Å². The number of unbranched alkanes of at least 4 members (excludes halogenated alkanes) is 6. The summed E-state index contributed by atoms with van der Waals surface area (Å²) >= 11 is 0. The van der Waals surface area contributed by atoms with E-state index >= 15 is 0 Å². The number of hydrogen-bond donors (Lipinski definition) is 0. The van der Waals surface area contributed by atoms with Crippen LogP contribution in [0.3, 0.4) is 0 Å². The molecule has 0 spiro atoms. The van der Waals surface area contributed by atoms with Crippen LogP contribution in [0.5, 0.6) is 0 Å². The third-order valence-electron chi connectivity index (χ3n) is 4.52. The molecular weight excluding hydrogens is 266 g/mol. The number of hydrogen-bond acceptors (Lipinski definition) is 1. The fraction of sp³-hybridized carbons (Fsp3) is 0.619. The third-order valence-corrected chi connectivity index (χ3v) is 4.52. The van der Waals surface area contributed by atoms with E-state index in [-0.39, 0.29) is 0 Å². The van der Waals surface area contributed by atoms with Crippen molar-refractivity contribution in [1.82, 2.24) is 4.90 Å². The summed E-state index contributed by atoms with van der Waals surface area (Å²) in [4.78, 5) is 2.55. The molecule has 1 saturated heterocycles. The molecule has 1 nitrogen and oxygen atoms in total. The fourth-order valence-corrected chi connectivity index (χ4v) is 3.18. The van der Waals surface area contributed by atoms with Crippen molar-refractivity contribution in [1.29, 1.82) is 0 Å². The molecule has 22 heavy (non-hydrogen) atoms. The van der Waals surface area contributed by atoms with Crippen LogP contribution in [0.4, 0.5) is 0 Å². The second-order valence-corrected chi connectivity index (χ2v) is 6.45. The molecule has 0 saturated carbocycles. The lowest BCUT2D eigenvalue weighted by Crippen LogP contribution is -2.27. The molecule has 0 radical (unpaired) electrons. The lowest BCUT2D eigenvalue weighted by molar-refractivity contribution is 0.288. The molecule has 0 N–H and O–H groups in total. The van der Waals surface area contributed by atoms with Crippen molar-refractivity contribution < 1.29 is 0 Å². The number of nitrogens with zero attached hydrogens (tertiary/aromatic N) is 1. The van der Waals surface area contributed by atoms with Gasteiger partial charge in [-0.2, -0.15) is 0 Å². The first-order valence-electron chi connectivity index (χ1n) is 9.16. The summed E-state index contributed by atoms with van der Waals surface area (Å²) in [5.41, 5.74) is 1.41. The highest BCUT2D eigenvalue weighted by Gasteiger charge is 2.22. The predicted molar refractivity (Wildman–Crippen MR) is 95.6 cm³/mol. The van der Waals surface area contributed by atoms with E-state index in [1.165, 1.54) is 63.5 Å². The molecule has 120 valence electrons. The van der Waals surface area contributed by atoms with Crippen molar-refractivity contribution in [3.63, 3.8) is 0 Å². The van der Waals surface area contributed by atoms with Gasteiger partial charge < -0.3 is 0 Å². The minimum atomic E-state index is 0.486. The number of benzene rings is 1. The van der Waals surface area contributed by atoms with E-state index in [0.29, 0.717) is 6.04 Å². The van der Waals surface area contributed by atoms with Gasteiger partial charge in [0.15, 0.2) is 0 Å². The van der Waals surface area contributed by atoms with Gasteiger partial charge in [0.25, 0.3) is 0 Å². The summed E-state index contributed by atoms with van der Waals surface area (Å²) in [5, 5.41) is 0. The smallest absolute Gasteiger partial charge is 0.0717 e. The van der Waals surface area contributed by atoms with Gasteiger partial charge in [-0.1, -0.05) is 75.3 Å². The van der Waals surface area contributed by atoms with Crippen molar-refractivity contribution in [3.05, 3.63) is 35.9 Å². The van der Waals surface area contributed by atoms with Crippen LogP contribution in [0.2, 0.25) is 0 Å². The van der Waals surface area contributed by atoms with Crippen molar-refractivity contribution in [2.24, 2.45) is 0 Å². The molecule has 1 atom stereocenters. The van der Waals surface area contributed by atoms with E-state index in [1.807, 2.05) is 0 Å². The Kier molecular flexibility index (Phi) is 8.13. The molecule has 1 heteroatoms. The molecule has 2 rings (SSSR count). The largest absolute Gasteiger partial charge is 0.286 e. The predicted octanol–water partition coefficient (Wildman–Crippen LogP) is 5.41. The highest BCUT2D eigenvalue weighted by Crippen LogP contribution is 2.19. The summed E-state index contributed by atoms with van der Waals surface area (Å²) in [6.45, 7) is 4.52. The lowest BCUT2D eigenvalue weighted by Gasteiger charge is -2.20. The summed E-state index contributed by atoms with van der Waals surface area (Å²) in [6, 6.07) is 11.3. The van der Waals surface area contributed by atoms with E-state index in [0.717, 1.165) is 13.0 Å². The van der Waals surface area contributed by atoms with Gasteiger partial charge in [0, 0.05) is 13.0 Å². The maximum absolute atomic E-state index is 3.53. The van der Waals surface area contributed by atoms with Gasteiger partial charge in [-0.15, -0.1) is 5.92 Å². The van der Waals surface area contributed by atoms with Crippen LogP contribution in [0.15, 0.2) is 30.3 Å². The first-order valence-corrected chi connectivity index (χ1v) is 9.16. The van der Waals surface area contributed by atoms with Crippen LogP contribution in [-0.2, 0) is 6.54 Å². The zero-order chi connectivity index (χ0) is 15.5. The summed E-state index contributed by atoms with van der Waals surface area (Å²) in [5.74, 6) is 6.97. The monoisotopic (exact) mass is 297 g/mol. The van der Waals surface area contributed by atoms with Crippen LogP contribution >= 0.6 is 0 Å². The van der Waals surface area contributed by atoms with Crippen molar-refractivity contribution in [2.75, 3.05) is 6.54 Å². The summed E-state index contributed by atoms with van der Waals surface area (Å²) in [7, 11) is 0. The zero-order valence-corrected chi connectivity index (χ0v) is 14.2. The van der Waals surface area contributed by atoms with Crippen LogP contribution in [0, 0.1) is 11.8 Å². The summed E-state index contributed by atoms with van der Waals surface area (Å²) < 4.78 is 0. The van der Waals surface area contributed by atoms with Crippen LogP contribution in [0.1, 0.15) is 70.3 Å². The average molecular weight is 297 g/mol. The van der Waals surface area contributed by atoms with Gasteiger partial charge in [-0.25, -0.2) is 0 Å². The standard InChI is InChI=1S/C21H31N/c1-2-3-4-5-6-7-8-12-16-21-17-13-18-22(21)19-20-14-10-9-11-15-20/h9-11,14-15,21H,2-8,13,17-19H2,1H3/t21-/m1/s1. The molecule has 1 aromatic rings. The Morgan fingerprint density at radius 3 is 2.64 bits per heavy atom. The number of rotatable bonds is 8. The van der Waals surface area contributed by atoms with Crippen LogP contribution in [-0.4, -0.2) is 17.5 Å². The van der Waals surface area contributed by atoms with E-state index < -0.39 is 0 Å². The Balaban J connectivity index is 1.67. The molecule has 0 unspecified atom stereocenters. The average Bonchev–Trinajstić information content (AvgIpc) is 2.98. The Morgan fingerprint density at radius 2 is 1.82 bits per heavy atom. The second-order valence-electron chi connectivity index (χ2n) is 6.45. The number of likely N-dealkylation sites (tertiary alicyclic amines) is 1. The molecule has 0 aliphatic carbocycles. The second kappa shape index (κ2) is 10.5. The minimum Gasteiger partial charge on any atom is -0.286 e. The Hall–Kier alpha value is -1.26. The maximum atomic E-state index is 3.53. The molecule has 0 amide bonds. The van der Waals surface area contributed by atoms with Gasteiger partial charge in [0.05, 0.1) is 6.04 Å². The fourth-order valence-electron chi connectivity index (χ4n) is 3.18. The highest BCUT2D eigenvalue weighted by atomic mass is 15.2. The molecule has 1 aliphatic rings. The van der Waals surface area contributed by atoms with E-state index in [9.17, 15) is 0 Å². The van der Waals surface area contributed by atoms with Crippen LogP contribution in [0.25, 0.3) is 0 Å². The topological polar surface area (TPSA) is 3.24 Å². The van der Waals surface area contributed by atoms with Crippen molar-refractivity contribution in [2.45, 2.75) is 77.3 Å². The van der Waals surface area contributed by atoms with Gasteiger partial charge >= 0.3 is 0 Å². The van der Waals surface area contributed by atoms with Gasteiger partial charge in [-0.05, 0) is 31.4 Å². The summed E-state index contributed by atoms with van der Waals surface area (Å²) in [6.07, 6.45) is 11.8. The van der Waals surface area contributed by atoms with E-state index in [1.54, 1.807) is 0 Å². The van der Waals surface area contributed by atoms with Gasteiger partial charge in [-0.3, -0.25) is 4.90 Å². The molecule has 1 fully saturated rings. The highest BCUT2D eigenvalue weighted by molar-refractivity contribution is 5.17. The zero-order valence-electron chi connectivity index (χ0n) is 14.2. The normalized spacial score (nSPS) is 18.1. The van der Waals surface area contributed by atoms with Crippen molar-refractivity contribution in [3.8, 4) is 11.8 Å². The molecule has 1 heterocycles. The first kappa shape index (κ1) is 17.1. The first-order chi connectivity index (χ1) is 10.9. The Bertz CT molecular complexity index is 454.